The van der Waals surface area contributed by atoms with E-state index in [9.17, 15) is 13.5 Å². The van der Waals surface area contributed by atoms with E-state index in [0.29, 0.717) is 17.9 Å². The molecule has 20 heavy (non-hydrogen) atoms. The largest absolute Gasteiger partial charge is 0.493 e. The second-order valence-electron chi connectivity index (χ2n) is 5.70. The first kappa shape index (κ1) is 13.7. The van der Waals surface area contributed by atoms with Crippen molar-refractivity contribution in [3.8, 4) is 11.5 Å². The summed E-state index contributed by atoms with van der Waals surface area (Å²) >= 11 is 0. The van der Waals surface area contributed by atoms with E-state index in [1.807, 2.05) is 12.1 Å². The van der Waals surface area contributed by atoms with Crippen molar-refractivity contribution < 1.29 is 23.0 Å². The monoisotopic (exact) mass is 298 g/mol. The Morgan fingerprint density at radius 3 is 2.55 bits per heavy atom. The van der Waals surface area contributed by atoms with Gasteiger partial charge in [-0.25, -0.2) is 8.42 Å². The van der Waals surface area contributed by atoms with Crippen LogP contribution in [0.3, 0.4) is 0 Å². The van der Waals surface area contributed by atoms with Gasteiger partial charge in [0, 0.05) is 6.42 Å². The van der Waals surface area contributed by atoms with Gasteiger partial charge in [-0.15, -0.1) is 0 Å². The molecule has 6 heteroatoms. The third-order valence-electron chi connectivity index (χ3n) is 3.76. The molecule has 1 aromatic carbocycles. The predicted molar refractivity (Wildman–Crippen MR) is 74.0 cm³/mol. The SMILES string of the molecule is COc1cc(CC2(O)CC2)ccc1OC1CS(=O)(=O)C1. The first-order chi connectivity index (χ1) is 9.39. The number of hydrogen-bond donors (Lipinski definition) is 1. The lowest BCUT2D eigenvalue weighted by Crippen LogP contribution is -2.45. The van der Waals surface area contributed by atoms with Gasteiger partial charge in [-0.2, -0.15) is 0 Å². The van der Waals surface area contributed by atoms with E-state index in [-0.39, 0.29) is 17.6 Å². The van der Waals surface area contributed by atoms with Crippen LogP contribution in [0, 0.1) is 0 Å². The minimum atomic E-state index is -2.89. The average Bonchev–Trinajstić information content (AvgIpc) is 3.06. The Labute approximate surface area is 118 Å². The molecule has 110 valence electrons. The third-order valence-corrected chi connectivity index (χ3v) is 5.52. The molecular formula is C14H18O5S. The zero-order valence-electron chi connectivity index (χ0n) is 11.3. The van der Waals surface area contributed by atoms with Crippen LogP contribution in [-0.2, 0) is 16.3 Å². The first-order valence-corrected chi connectivity index (χ1v) is 8.48. The number of rotatable bonds is 5. The maximum atomic E-state index is 11.1. The molecule has 0 radical (unpaired) electrons. The maximum Gasteiger partial charge on any atom is 0.161 e. The number of aliphatic hydroxyl groups is 1. The van der Waals surface area contributed by atoms with E-state index in [2.05, 4.69) is 0 Å². The number of ether oxygens (including phenoxy) is 2. The van der Waals surface area contributed by atoms with E-state index in [1.165, 1.54) is 0 Å². The molecule has 0 aromatic heterocycles. The predicted octanol–water partition coefficient (Wildman–Crippen LogP) is 0.938. The van der Waals surface area contributed by atoms with Gasteiger partial charge in [-0.3, -0.25) is 0 Å². The van der Waals surface area contributed by atoms with Crippen molar-refractivity contribution in [2.75, 3.05) is 18.6 Å². The lowest BCUT2D eigenvalue weighted by Gasteiger charge is -2.27. The van der Waals surface area contributed by atoms with E-state index in [0.717, 1.165) is 18.4 Å². The third kappa shape index (κ3) is 2.91. The van der Waals surface area contributed by atoms with E-state index in [4.69, 9.17) is 9.47 Å². The number of hydrogen-bond acceptors (Lipinski definition) is 5. The topological polar surface area (TPSA) is 72.8 Å². The van der Waals surface area contributed by atoms with Gasteiger partial charge < -0.3 is 14.6 Å². The van der Waals surface area contributed by atoms with Crippen LogP contribution in [0.1, 0.15) is 18.4 Å². The Bertz CT molecular complexity index is 606. The smallest absolute Gasteiger partial charge is 0.161 e. The summed E-state index contributed by atoms with van der Waals surface area (Å²) in [5.74, 6) is 1.27. The highest BCUT2D eigenvalue weighted by Crippen LogP contribution is 2.40. The zero-order chi connectivity index (χ0) is 14.4. The molecule has 2 aliphatic rings. The number of sulfone groups is 1. The van der Waals surface area contributed by atoms with Crippen LogP contribution >= 0.6 is 0 Å². The van der Waals surface area contributed by atoms with Gasteiger partial charge in [0.15, 0.2) is 21.3 Å². The summed E-state index contributed by atoms with van der Waals surface area (Å²) in [5, 5.41) is 9.93. The van der Waals surface area contributed by atoms with Crippen molar-refractivity contribution in [2.45, 2.75) is 31.0 Å². The summed E-state index contributed by atoms with van der Waals surface area (Å²) in [4.78, 5) is 0. The number of methoxy groups -OCH3 is 1. The quantitative estimate of drug-likeness (QED) is 0.876. The molecule has 2 fully saturated rings. The molecule has 0 spiro atoms. The molecule has 1 aliphatic heterocycles. The Kier molecular flexibility index (Phi) is 3.17. The highest BCUT2D eigenvalue weighted by Gasteiger charge is 2.40. The summed E-state index contributed by atoms with van der Waals surface area (Å²) in [5.41, 5.74) is 0.450. The van der Waals surface area contributed by atoms with E-state index >= 15 is 0 Å². The molecule has 0 bridgehead atoms. The van der Waals surface area contributed by atoms with Crippen molar-refractivity contribution in [1.82, 2.24) is 0 Å². The molecule has 1 saturated heterocycles. The minimum Gasteiger partial charge on any atom is -0.493 e. The van der Waals surface area contributed by atoms with Crippen LogP contribution in [0.4, 0.5) is 0 Å². The molecule has 0 atom stereocenters. The Morgan fingerprint density at radius 2 is 2.00 bits per heavy atom. The Morgan fingerprint density at radius 1 is 1.30 bits per heavy atom. The van der Waals surface area contributed by atoms with E-state index < -0.39 is 15.4 Å². The van der Waals surface area contributed by atoms with Gasteiger partial charge in [0.1, 0.15) is 6.10 Å². The highest BCUT2D eigenvalue weighted by molar-refractivity contribution is 7.92. The molecular weight excluding hydrogens is 280 g/mol. The standard InChI is InChI=1S/C14H18O5S/c1-18-13-6-10(7-14(15)4-5-14)2-3-12(13)19-11-8-20(16,17)9-11/h2-3,6,11,15H,4-5,7-9H2,1H3. The Balaban J connectivity index is 1.71. The fraction of sp³-hybridized carbons (Fsp3) is 0.571. The Hall–Kier alpha value is -1.27. The first-order valence-electron chi connectivity index (χ1n) is 6.66. The fourth-order valence-corrected chi connectivity index (χ4v) is 3.56. The van der Waals surface area contributed by atoms with Gasteiger partial charge in [0.25, 0.3) is 0 Å². The molecule has 5 nitrogen and oxygen atoms in total. The van der Waals surface area contributed by atoms with Gasteiger partial charge in [-0.1, -0.05) is 6.07 Å². The molecule has 0 amide bonds. The maximum absolute atomic E-state index is 11.1. The molecule has 1 aliphatic carbocycles. The summed E-state index contributed by atoms with van der Waals surface area (Å²) in [6, 6.07) is 5.52. The fourth-order valence-electron chi connectivity index (χ4n) is 2.39. The molecule has 1 N–H and O–H groups in total. The van der Waals surface area contributed by atoms with Crippen LogP contribution < -0.4 is 9.47 Å². The van der Waals surface area contributed by atoms with Gasteiger partial charge in [-0.05, 0) is 30.5 Å². The van der Waals surface area contributed by atoms with Crippen LogP contribution in [-0.4, -0.2) is 43.8 Å². The molecule has 3 rings (SSSR count). The minimum absolute atomic E-state index is 0.0671. The van der Waals surface area contributed by atoms with Crippen LogP contribution in [0.2, 0.25) is 0 Å². The van der Waals surface area contributed by atoms with Gasteiger partial charge >= 0.3 is 0 Å². The van der Waals surface area contributed by atoms with Gasteiger partial charge in [0.05, 0.1) is 24.2 Å². The second-order valence-corrected chi connectivity index (χ2v) is 7.86. The molecule has 1 aromatic rings. The summed E-state index contributed by atoms with van der Waals surface area (Å²) in [7, 11) is -1.34. The molecule has 1 saturated carbocycles. The van der Waals surface area contributed by atoms with Crippen LogP contribution in [0.25, 0.3) is 0 Å². The lowest BCUT2D eigenvalue weighted by atomic mass is 10.1. The zero-order valence-corrected chi connectivity index (χ0v) is 12.1. The van der Waals surface area contributed by atoms with Crippen molar-refractivity contribution in [3.05, 3.63) is 23.8 Å². The van der Waals surface area contributed by atoms with E-state index in [1.54, 1.807) is 13.2 Å². The normalized spacial score (nSPS) is 22.9. The van der Waals surface area contributed by atoms with Crippen molar-refractivity contribution in [1.29, 1.82) is 0 Å². The summed E-state index contributed by atoms with van der Waals surface area (Å²) in [6.07, 6.45) is 2.01. The molecule has 1 heterocycles. The summed E-state index contributed by atoms with van der Waals surface area (Å²) in [6.45, 7) is 0. The van der Waals surface area contributed by atoms with Crippen LogP contribution in [0.15, 0.2) is 18.2 Å². The lowest BCUT2D eigenvalue weighted by molar-refractivity contribution is 0.150. The van der Waals surface area contributed by atoms with Crippen molar-refractivity contribution in [2.24, 2.45) is 0 Å². The van der Waals surface area contributed by atoms with Crippen molar-refractivity contribution in [3.63, 3.8) is 0 Å². The average molecular weight is 298 g/mol. The highest BCUT2D eigenvalue weighted by atomic mass is 32.2. The van der Waals surface area contributed by atoms with Gasteiger partial charge in [0.2, 0.25) is 0 Å². The van der Waals surface area contributed by atoms with Crippen molar-refractivity contribution >= 4 is 9.84 Å². The second kappa shape index (κ2) is 4.63. The van der Waals surface area contributed by atoms with Crippen LogP contribution in [0.5, 0.6) is 11.5 Å². The molecule has 0 unspecified atom stereocenters. The number of benzene rings is 1. The summed E-state index contributed by atoms with van der Waals surface area (Å²) < 4.78 is 33.2.